The van der Waals surface area contributed by atoms with Crippen LogP contribution in [-0.2, 0) is 39.1 Å². The van der Waals surface area contributed by atoms with Gasteiger partial charge in [-0.2, -0.15) is 0 Å². The summed E-state index contributed by atoms with van der Waals surface area (Å²) in [6.45, 7) is 3.81. The fourth-order valence-corrected chi connectivity index (χ4v) is 4.65. The molecule has 0 radical (unpaired) electrons. The van der Waals surface area contributed by atoms with E-state index >= 15 is 0 Å². The van der Waals surface area contributed by atoms with Gasteiger partial charge in [-0.15, -0.1) is 11.8 Å². The molecular formula is C18H21IO7S. The summed E-state index contributed by atoms with van der Waals surface area (Å²) in [4.78, 5) is 34.5. The van der Waals surface area contributed by atoms with Crippen molar-refractivity contribution in [1.82, 2.24) is 0 Å². The molecule has 1 saturated heterocycles. The predicted octanol–water partition coefficient (Wildman–Crippen LogP) is 2.68. The minimum absolute atomic E-state index is 0.0405. The zero-order chi connectivity index (χ0) is 20.0. The molecule has 7 nitrogen and oxygen atoms in total. The van der Waals surface area contributed by atoms with Crippen LogP contribution in [-0.4, -0.2) is 48.3 Å². The average Bonchev–Trinajstić information content (AvgIpc) is 2.57. The van der Waals surface area contributed by atoms with E-state index in [1.54, 1.807) is 0 Å². The van der Waals surface area contributed by atoms with E-state index in [0.29, 0.717) is 5.75 Å². The number of carbonyl (C=O) groups excluding carboxylic acids is 3. The normalized spacial score (nSPS) is 24.7. The van der Waals surface area contributed by atoms with E-state index in [1.165, 1.54) is 32.5 Å². The van der Waals surface area contributed by atoms with Gasteiger partial charge in [-0.1, -0.05) is 18.2 Å². The summed E-state index contributed by atoms with van der Waals surface area (Å²) in [7, 11) is 0. The summed E-state index contributed by atoms with van der Waals surface area (Å²) in [5.41, 5.74) is 0.542. The number of carbonyl (C=O) groups is 3. The molecule has 4 atom stereocenters. The largest absolute Gasteiger partial charge is 0.456 e. The molecule has 0 bridgehead atoms. The number of hydrogen-bond acceptors (Lipinski definition) is 8. The SMILES string of the molecule is CC(=O)O[C@@H]1[C@@H](OC(C)=O)[C@H](OC(C)=O)CO[C@@H]1SCc1ccccc1I. The van der Waals surface area contributed by atoms with E-state index < -0.39 is 41.7 Å². The van der Waals surface area contributed by atoms with E-state index in [1.807, 2.05) is 24.3 Å². The highest BCUT2D eigenvalue weighted by atomic mass is 127. The molecule has 1 aliphatic rings. The zero-order valence-corrected chi connectivity index (χ0v) is 18.2. The lowest BCUT2D eigenvalue weighted by Crippen LogP contribution is -2.56. The van der Waals surface area contributed by atoms with Gasteiger partial charge < -0.3 is 18.9 Å². The monoisotopic (exact) mass is 508 g/mol. The van der Waals surface area contributed by atoms with Gasteiger partial charge in [-0.25, -0.2) is 0 Å². The Morgan fingerprint density at radius 1 is 1.04 bits per heavy atom. The van der Waals surface area contributed by atoms with Crippen molar-refractivity contribution in [2.75, 3.05) is 6.61 Å². The Balaban J connectivity index is 2.19. The Morgan fingerprint density at radius 3 is 2.22 bits per heavy atom. The maximum absolute atomic E-state index is 11.6. The third-order valence-electron chi connectivity index (χ3n) is 3.67. The Labute approximate surface area is 175 Å². The number of ether oxygens (including phenoxy) is 4. The predicted molar refractivity (Wildman–Crippen MR) is 107 cm³/mol. The van der Waals surface area contributed by atoms with Gasteiger partial charge >= 0.3 is 17.9 Å². The van der Waals surface area contributed by atoms with Crippen molar-refractivity contribution in [3.05, 3.63) is 33.4 Å². The van der Waals surface area contributed by atoms with Gasteiger partial charge in [0.2, 0.25) is 0 Å². The molecule has 0 amide bonds. The molecule has 0 N–H and O–H groups in total. The third-order valence-corrected chi connectivity index (χ3v) is 5.93. The van der Waals surface area contributed by atoms with Gasteiger partial charge in [0, 0.05) is 30.1 Å². The lowest BCUT2D eigenvalue weighted by atomic mass is 10.1. The summed E-state index contributed by atoms with van der Waals surface area (Å²) in [6, 6.07) is 7.90. The Morgan fingerprint density at radius 2 is 1.63 bits per heavy atom. The van der Waals surface area contributed by atoms with Crippen LogP contribution in [0.25, 0.3) is 0 Å². The molecule has 0 aromatic heterocycles. The highest BCUT2D eigenvalue weighted by molar-refractivity contribution is 14.1. The van der Waals surface area contributed by atoms with Gasteiger partial charge in [0.05, 0.1) is 6.61 Å². The molecule has 0 unspecified atom stereocenters. The van der Waals surface area contributed by atoms with Crippen molar-refractivity contribution >= 4 is 52.3 Å². The molecule has 0 saturated carbocycles. The highest BCUT2D eigenvalue weighted by Gasteiger charge is 2.47. The first-order chi connectivity index (χ1) is 12.8. The van der Waals surface area contributed by atoms with Gasteiger partial charge in [-0.3, -0.25) is 14.4 Å². The summed E-state index contributed by atoms with van der Waals surface area (Å²) in [5.74, 6) is -1.01. The quantitative estimate of drug-likeness (QED) is 0.330. The Hall–Kier alpha value is -1.33. The lowest BCUT2D eigenvalue weighted by Gasteiger charge is -2.40. The van der Waals surface area contributed by atoms with Crippen LogP contribution in [0.15, 0.2) is 24.3 Å². The van der Waals surface area contributed by atoms with E-state index in [2.05, 4.69) is 22.6 Å². The maximum Gasteiger partial charge on any atom is 0.303 e. The second-order valence-corrected chi connectivity index (χ2v) is 8.15. The first kappa shape index (κ1) is 22.0. The first-order valence-electron chi connectivity index (χ1n) is 8.26. The molecule has 1 aliphatic heterocycles. The van der Waals surface area contributed by atoms with E-state index in [0.717, 1.165) is 9.13 Å². The van der Waals surface area contributed by atoms with Crippen molar-refractivity contribution < 1.29 is 33.3 Å². The Kier molecular flexibility index (Phi) is 8.36. The second-order valence-electron chi connectivity index (χ2n) is 5.90. The van der Waals surface area contributed by atoms with Crippen LogP contribution >= 0.6 is 34.4 Å². The van der Waals surface area contributed by atoms with Crippen LogP contribution in [0.1, 0.15) is 26.3 Å². The number of thioether (sulfide) groups is 1. The highest BCUT2D eigenvalue weighted by Crippen LogP contribution is 2.33. The van der Waals surface area contributed by atoms with E-state index in [9.17, 15) is 14.4 Å². The van der Waals surface area contributed by atoms with Crippen LogP contribution in [0.4, 0.5) is 0 Å². The van der Waals surface area contributed by atoms with Gasteiger partial charge in [-0.05, 0) is 34.2 Å². The molecule has 1 fully saturated rings. The molecular weight excluding hydrogens is 487 g/mol. The topological polar surface area (TPSA) is 88.1 Å². The van der Waals surface area contributed by atoms with Crippen molar-refractivity contribution in [3.63, 3.8) is 0 Å². The smallest absolute Gasteiger partial charge is 0.303 e. The van der Waals surface area contributed by atoms with Crippen molar-refractivity contribution in [2.45, 2.75) is 50.3 Å². The fraction of sp³-hybridized carbons (Fsp3) is 0.500. The van der Waals surface area contributed by atoms with Crippen LogP contribution < -0.4 is 0 Å². The van der Waals surface area contributed by atoms with Crippen molar-refractivity contribution in [1.29, 1.82) is 0 Å². The molecule has 0 aliphatic carbocycles. The van der Waals surface area contributed by atoms with Crippen molar-refractivity contribution in [3.8, 4) is 0 Å². The summed E-state index contributed by atoms with van der Waals surface area (Å²) < 4.78 is 22.8. The van der Waals surface area contributed by atoms with Gasteiger partial charge in [0.25, 0.3) is 0 Å². The van der Waals surface area contributed by atoms with Crippen LogP contribution in [0.3, 0.4) is 0 Å². The Bertz CT molecular complexity index is 696. The zero-order valence-electron chi connectivity index (χ0n) is 15.2. The number of hydrogen-bond donors (Lipinski definition) is 0. The average molecular weight is 508 g/mol. The molecule has 148 valence electrons. The van der Waals surface area contributed by atoms with Crippen LogP contribution in [0, 0.1) is 3.57 Å². The molecule has 1 heterocycles. The second kappa shape index (κ2) is 10.3. The summed E-state index contributed by atoms with van der Waals surface area (Å²) in [5, 5.41) is 0. The molecule has 27 heavy (non-hydrogen) atoms. The van der Waals surface area contributed by atoms with Gasteiger partial charge in [0.1, 0.15) is 5.44 Å². The minimum Gasteiger partial charge on any atom is -0.456 e. The molecule has 0 spiro atoms. The molecule has 1 aromatic carbocycles. The minimum atomic E-state index is -0.934. The van der Waals surface area contributed by atoms with E-state index in [-0.39, 0.29) is 6.61 Å². The summed E-state index contributed by atoms with van der Waals surface area (Å²) in [6.07, 6.45) is -2.67. The molecule has 2 rings (SSSR count). The third kappa shape index (κ3) is 6.65. The first-order valence-corrected chi connectivity index (χ1v) is 10.4. The number of rotatable bonds is 6. The van der Waals surface area contributed by atoms with Crippen molar-refractivity contribution in [2.24, 2.45) is 0 Å². The van der Waals surface area contributed by atoms with Crippen LogP contribution in [0.5, 0.6) is 0 Å². The van der Waals surface area contributed by atoms with Gasteiger partial charge in [0.15, 0.2) is 18.3 Å². The maximum atomic E-state index is 11.6. The fourth-order valence-electron chi connectivity index (χ4n) is 2.64. The number of halogens is 1. The lowest BCUT2D eigenvalue weighted by molar-refractivity contribution is -0.213. The standard InChI is InChI=1S/C18H21IO7S/c1-10(20)24-15-8-23-18(27-9-13-6-4-5-7-14(13)19)17(26-12(3)22)16(15)25-11(2)21/h4-7,15-18H,8-9H2,1-3H3/t15-,16+,17-,18-/m1/s1. The number of benzene rings is 1. The summed E-state index contributed by atoms with van der Waals surface area (Å²) >= 11 is 3.68. The number of esters is 3. The van der Waals surface area contributed by atoms with E-state index in [4.69, 9.17) is 18.9 Å². The molecule has 1 aromatic rings. The molecule has 9 heteroatoms. The van der Waals surface area contributed by atoms with Crippen LogP contribution in [0.2, 0.25) is 0 Å².